The predicted molar refractivity (Wildman–Crippen MR) is 254 cm³/mol. The highest BCUT2D eigenvalue weighted by Gasteiger charge is 2.13. The summed E-state index contributed by atoms with van der Waals surface area (Å²) in [7, 11) is 8.51. The Hall–Kier alpha value is -7.16. The second kappa shape index (κ2) is 15.8. The summed E-state index contributed by atoms with van der Waals surface area (Å²) in [4.78, 5) is 4.44. The number of nitrogens with zero attached hydrogens (tertiary/aromatic N) is 2. The molecule has 0 unspecified atom stereocenters. The SMILES string of the molecule is CN(C)c1cc2cc(/C=C/c3ccc4cc(-c5ccc6ccccc6c5)c(N(C)C)cc4c3)ccc2cc1-c1ccc(C=C(c2ccccc2)c2ccccc2)cc1. The molecule has 0 amide bonds. The Morgan fingerprint density at radius 2 is 0.776 bits per heavy atom. The van der Waals surface area contributed by atoms with E-state index in [1.54, 1.807) is 0 Å². The number of anilines is 2. The highest BCUT2D eigenvalue weighted by atomic mass is 15.1. The monoisotopic (exact) mass is 746 g/mol. The van der Waals surface area contributed by atoms with Crippen molar-refractivity contribution in [2.75, 3.05) is 38.0 Å². The molecule has 0 aliphatic heterocycles. The van der Waals surface area contributed by atoms with Crippen molar-refractivity contribution in [1.82, 2.24) is 0 Å². The Balaban J connectivity index is 0.992. The first-order valence-corrected chi connectivity index (χ1v) is 20.0. The maximum atomic E-state index is 2.33. The molecule has 0 fully saturated rings. The van der Waals surface area contributed by atoms with Crippen LogP contribution in [0.2, 0.25) is 0 Å². The van der Waals surface area contributed by atoms with E-state index >= 15 is 0 Å². The van der Waals surface area contributed by atoms with Gasteiger partial charge in [0.05, 0.1) is 0 Å². The molecule has 9 aromatic rings. The molecule has 0 spiro atoms. The lowest BCUT2D eigenvalue weighted by Gasteiger charge is -2.19. The maximum absolute atomic E-state index is 2.33. The van der Waals surface area contributed by atoms with E-state index in [9.17, 15) is 0 Å². The smallest absolute Gasteiger partial charge is 0.0447 e. The van der Waals surface area contributed by atoms with Gasteiger partial charge < -0.3 is 9.80 Å². The highest BCUT2D eigenvalue weighted by Crippen LogP contribution is 2.38. The summed E-state index contributed by atoms with van der Waals surface area (Å²) in [6.45, 7) is 0. The number of hydrogen-bond acceptors (Lipinski definition) is 2. The van der Waals surface area contributed by atoms with E-state index in [0.717, 1.165) is 0 Å². The number of fused-ring (bicyclic) bond motifs is 3. The quantitative estimate of drug-likeness (QED) is 0.136. The van der Waals surface area contributed by atoms with E-state index in [1.807, 2.05) is 0 Å². The zero-order valence-electron chi connectivity index (χ0n) is 33.5. The maximum Gasteiger partial charge on any atom is 0.0447 e. The van der Waals surface area contributed by atoms with Gasteiger partial charge in [0.15, 0.2) is 0 Å². The Kier molecular flexibility index (Phi) is 9.91. The van der Waals surface area contributed by atoms with Crippen LogP contribution in [0.1, 0.15) is 27.8 Å². The molecule has 58 heavy (non-hydrogen) atoms. The van der Waals surface area contributed by atoms with Gasteiger partial charge in [-0.15, -0.1) is 0 Å². The third-order valence-corrected chi connectivity index (χ3v) is 11.2. The van der Waals surface area contributed by atoms with Crippen molar-refractivity contribution in [3.63, 3.8) is 0 Å². The molecular formula is C56H46N2. The molecule has 9 rings (SSSR count). The van der Waals surface area contributed by atoms with Gasteiger partial charge in [0.2, 0.25) is 0 Å². The Morgan fingerprint density at radius 3 is 1.31 bits per heavy atom. The van der Waals surface area contributed by atoms with E-state index < -0.39 is 0 Å². The van der Waals surface area contributed by atoms with Crippen LogP contribution in [0.3, 0.4) is 0 Å². The average molecular weight is 747 g/mol. The summed E-state index contributed by atoms with van der Waals surface area (Å²) in [6, 6.07) is 68.4. The fraction of sp³-hybridized carbons (Fsp3) is 0.0714. The fourth-order valence-electron chi connectivity index (χ4n) is 8.06. The topological polar surface area (TPSA) is 6.48 Å². The zero-order valence-corrected chi connectivity index (χ0v) is 33.5. The summed E-state index contributed by atoms with van der Waals surface area (Å²) < 4.78 is 0. The molecule has 0 radical (unpaired) electrons. The predicted octanol–water partition coefficient (Wildman–Crippen LogP) is 14.4. The number of hydrogen-bond donors (Lipinski definition) is 0. The molecule has 9 aromatic carbocycles. The van der Waals surface area contributed by atoms with Gasteiger partial charge in [-0.25, -0.2) is 0 Å². The third kappa shape index (κ3) is 7.53. The average Bonchev–Trinajstić information content (AvgIpc) is 3.27. The fourth-order valence-corrected chi connectivity index (χ4v) is 8.06. The van der Waals surface area contributed by atoms with Crippen molar-refractivity contribution in [2.45, 2.75) is 0 Å². The van der Waals surface area contributed by atoms with Crippen molar-refractivity contribution in [3.05, 3.63) is 216 Å². The second-order valence-corrected chi connectivity index (χ2v) is 15.5. The van der Waals surface area contributed by atoms with Gasteiger partial charge in [-0.1, -0.05) is 158 Å². The van der Waals surface area contributed by atoms with Crippen molar-refractivity contribution in [2.24, 2.45) is 0 Å². The van der Waals surface area contributed by atoms with Crippen LogP contribution in [0, 0.1) is 0 Å². The summed E-state index contributed by atoms with van der Waals surface area (Å²) in [6.07, 6.45) is 6.75. The Morgan fingerprint density at radius 1 is 0.345 bits per heavy atom. The first-order chi connectivity index (χ1) is 28.4. The molecule has 2 nitrogen and oxygen atoms in total. The zero-order chi connectivity index (χ0) is 39.6. The number of benzene rings is 9. The summed E-state index contributed by atoms with van der Waals surface area (Å²) in [5, 5.41) is 7.43. The van der Waals surface area contributed by atoms with Gasteiger partial charge in [-0.3, -0.25) is 0 Å². The number of rotatable bonds is 9. The normalized spacial score (nSPS) is 11.4. The molecule has 280 valence electrons. The van der Waals surface area contributed by atoms with E-state index in [4.69, 9.17) is 0 Å². The molecule has 0 aliphatic carbocycles. The van der Waals surface area contributed by atoms with Crippen molar-refractivity contribution >= 4 is 67.5 Å². The molecule has 0 atom stereocenters. The van der Waals surface area contributed by atoms with Crippen molar-refractivity contribution in [3.8, 4) is 22.3 Å². The van der Waals surface area contributed by atoms with Gasteiger partial charge in [0.1, 0.15) is 0 Å². The van der Waals surface area contributed by atoms with E-state index in [0.29, 0.717) is 0 Å². The molecule has 0 bridgehead atoms. The molecule has 2 heteroatoms. The van der Waals surface area contributed by atoms with Crippen molar-refractivity contribution < 1.29 is 0 Å². The molecule has 0 aliphatic rings. The van der Waals surface area contributed by atoms with Gasteiger partial charge in [-0.05, 0) is 125 Å². The van der Waals surface area contributed by atoms with Crippen LogP contribution in [0.25, 0.3) is 78.4 Å². The molecule has 0 saturated heterocycles. The first kappa shape index (κ1) is 36.5. The van der Waals surface area contributed by atoms with Crippen LogP contribution < -0.4 is 9.80 Å². The summed E-state index contributed by atoms with van der Waals surface area (Å²) in [5.74, 6) is 0. The molecule has 0 saturated carbocycles. The highest BCUT2D eigenvalue weighted by molar-refractivity contribution is 5.99. The summed E-state index contributed by atoms with van der Waals surface area (Å²) >= 11 is 0. The molecule has 0 N–H and O–H groups in total. The van der Waals surface area contributed by atoms with Crippen LogP contribution in [0.4, 0.5) is 11.4 Å². The summed E-state index contributed by atoms with van der Waals surface area (Å²) in [5.41, 5.74) is 14.5. The van der Waals surface area contributed by atoms with Gasteiger partial charge in [0.25, 0.3) is 0 Å². The van der Waals surface area contributed by atoms with Crippen LogP contribution >= 0.6 is 0 Å². The minimum atomic E-state index is 1.17. The minimum absolute atomic E-state index is 1.17. The van der Waals surface area contributed by atoms with Crippen LogP contribution in [0.5, 0.6) is 0 Å². The molecular weight excluding hydrogens is 701 g/mol. The lowest BCUT2D eigenvalue weighted by molar-refractivity contribution is 1.14. The van der Waals surface area contributed by atoms with Crippen LogP contribution in [-0.2, 0) is 0 Å². The van der Waals surface area contributed by atoms with Gasteiger partial charge in [0, 0.05) is 50.7 Å². The lowest BCUT2D eigenvalue weighted by atomic mass is 9.94. The van der Waals surface area contributed by atoms with Crippen molar-refractivity contribution in [1.29, 1.82) is 0 Å². The second-order valence-electron chi connectivity index (χ2n) is 15.5. The lowest BCUT2D eigenvalue weighted by Crippen LogP contribution is -2.10. The largest absolute Gasteiger partial charge is 0.377 e. The van der Waals surface area contributed by atoms with E-state index in [1.165, 1.54) is 99.3 Å². The molecule has 0 heterocycles. The van der Waals surface area contributed by atoms with E-state index in [-0.39, 0.29) is 0 Å². The minimum Gasteiger partial charge on any atom is -0.377 e. The van der Waals surface area contributed by atoms with Gasteiger partial charge >= 0.3 is 0 Å². The first-order valence-electron chi connectivity index (χ1n) is 20.0. The molecule has 0 aromatic heterocycles. The Bertz CT molecular complexity index is 2930. The van der Waals surface area contributed by atoms with E-state index in [2.05, 4.69) is 244 Å². The van der Waals surface area contributed by atoms with Crippen LogP contribution in [0.15, 0.2) is 188 Å². The third-order valence-electron chi connectivity index (χ3n) is 11.2. The Labute approximate surface area is 342 Å². The standard InChI is InChI=1S/C56H46N2/c1-57(2)55-37-50-31-39(19-20-40-24-28-48-36-54(56(58(3)4)38-51(48)32-40)49-30-29-42-13-11-12-18-46(42)34-49)23-27-47(50)35-53(55)45-25-21-41(22-26-45)33-52(43-14-7-5-8-15-43)44-16-9-6-10-17-44/h5-38H,1-4H3/b20-19+. The van der Waals surface area contributed by atoms with Gasteiger partial charge in [-0.2, -0.15) is 0 Å². The van der Waals surface area contributed by atoms with Crippen LogP contribution in [-0.4, -0.2) is 28.2 Å².